The number of halogens is 1. The predicted molar refractivity (Wildman–Crippen MR) is 41.7 cm³/mol. The molecule has 0 unspecified atom stereocenters. The lowest BCUT2D eigenvalue weighted by Gasteiger charge is -2.35. The van der Waals surface area contributed by atoms with Crippen molar-refractivity contribution in [2.45, 2.75) is 18.2 Å². The van der Waals surface area contributed by atoms with Crippen LogP contribution in [0.5, 0.6) is 0 Å². The van der Waals surface area contributed by atoms with E-state index in [-0.39, 0.29) is 17.2 Å². The van der Waals surface area contributed by atoms with E-state index in [9.17, 15) is 4.79 Å². The van der Waals surface area contributed by atoms with Crippen LogP contribution < -0.4 is 0 Å². The van der Waals surface area contributed by atoms with Crippen LogP contribution >= 0.6 is 11.6 Å². The maximum Gasteiger partial charge on any atom is 0.145 e. The van der Waals surface area contributed by atoms with Crippen molar-refractivity contribution >= 4 is 17.4 Å². The number of fused-ring (bicyclic) bond motifs is 2. The Hall–Kier alpha value is -0.0800. The van der Waals surface area contributed by atoms with Crippen LogP contribution in [0.4, 0.5) is 0 Å². The number of carbonyl (C=O) groups is 1. The Morgan fingerprint density at radius 2 is 2.18 bits per heavy atom. The van der Waals surface area contributed by atoms with Crippen molar-refractivity contribution in [2.75, 3.05) is 13.2 Å². The first-order valence-electron chi connectivity index (χ1n) is 4.04. The molecule has 0 spiro atoms. The van der Waals surface area contributed by atoms with Gasteiger partial charge in [-0.05, 0) is 12.8 Å². The van der Waals surface area contributed by atoms with Crippen molar-refractivity contribution in [3.8, 4) is 0 Å². The zero-order chi connectivity index (χ0) is 7.84. The minimum Gasteiger partial charge on any atom is -0.380 e. The zero-order valence-electron chi connectivity index (χ0n) is 6.25. The number of hydrogen-bond donors (Lipinski definition) is 0. The largest absolute Gasteiger partial charge is 0.380 e. The summed E-state index contributed by atoms with van der Waals surface area (Å²) in [5, 5.41) is 0.0269. The molecule has 1 heterocycles. The van der Waals surface area contributed by atoms with E-state index >= 15 is 0 Å². The molecule has 2 nitrogen and oxygen atoms in total. The van der Waals surface area contributed by atoms with E-state index in [0.717, 1.165) is 12.8 Å². The average molecular weight is 175 g/mol. The maximum absolute atomic E-state index is 11.5. The second-order valence-corrected chi connectivity index (χ2v) is 3.90. The minimum absolute atomic E-state index is 0.0100. The number of alkyl halides is 1. The van der Waals surface area contributed by atoms with Crippen molar-refractivity contribution in [1.29, 1.82) is 0 Å². The molecule has 62 valence electrons. The molecular weight excluding hydrogens is 164 g/mol. The van der Waals surface area contributed by atoms with Crippen LogP contribution in [0.15, 0.2) is 0 Å². The van der Waals surface area contributed by atoms with Crippen LogP contribution in [0, 0.1) is 11.8 Å². The van der Waals surface area contributed by atoms with E-state index in [1.54, 1.807) is 0 Å². The Morgan fingerprint density at radius 1 is 1.36 bits per heavy atom. The van der Waals surface area contributed by atoms with Crippen molar-refractivity contribution in [3.63, 3.8) is 0 Å². The highest BCUT2D eigenvalue weighted by Gasteiger charge is 2.40. The van der Waals surface area contributed by atoms with Gasteiger partial charge in [0.1, 0.15) is 5.78 Å². The molecular formula is C8H11ClO2. The molecule has 2 rings (SSSR count). The summed E-state index contributed by atoms with van der Waals surface area (Å²) >= 11 is 5.98. The summed E-state index contributed by atoms with van der Waals surface area (Å²) in [5.41, 5.74) is 0. The average Bonchev–Trinajstić information content (AvgIpc) is 1.98. The summed E-state index contributed by atoms with van der Waals surface area (Å²) in [6.45, 7) is 1.17. The van der Waals surface area contributed by atoms with E-state index in [1.807, 2.05) is 0 Å². The molecule has 11 heavy (non-hydrogen) atoms. The van der Waals surface area contributed by atoms with Gasteiger partial charge in [0.2, 0.25) is 0 Å². The summed E-state index contributed by atoms with van der Waals surface area (Å²) in [5.74, 6) is 0.482. The third kappa shape index (κ3) is 1.18. The summed E-state index contributed by atoms with van der Waals surface area (Å²) in [6, 6.07) is 0. The van der Waals surface area contributed by atoms with E-state index in [1.165, 1.54) is 0 Å². The van der Waals surface area contributed by atoms with Crippen LogP contribution in [0.2, 0.25) is 0 Å². The van der Waals surface area contributed by atoms with Crippen molar-refractivity contribution in [3.05, 3.63) is 0 Å². The highest BCUT2D eigenvalue weighted by atomic mass is 35.5. The van der Waals surface area contributed by atoms with Gasteiger partial charge >= 0.3 is 0 Å². The Kier molecular flexibility index (Phi) is 1.90. The van der Waals surface area contributed by atoms with Gasteiger partial charge in [0, 0.05) is 11.3 Å². The van der Waals surface area contributed by atoms with Crippen molar-refractivity contribution < 1.29 is 9.53 Å². The van der Waals surface area contributed by atoms with E-state index in [4.69, 9.17) is 16.3 Å². The molecule has 0 aromatic rings. The molecule has 2 bridgehead atoms. The van der Waals surface area contributed by atoms with Crippen molar-refractivity contribution in [1.82, 2.24) is 0 Å². The minimum atomic E-state index is -0.0100. The number of carbonyl (C=O) groups excluding carboxylic acids is 1. The molecule has 3 atom stereocenters. The molecule has 0 aromatic carbocycles. The van der Waals surface area contributed by atoms with Gasteiger partial charge < -0.3 is 4.74 Å². The van der Waals surface area contributed by atoms with Crippen LogP contribution in [0.3, 0.4) is 0 Å². The Morgan fingerprint density at radius 3 is 2.91 bits per heavy atom. The maximum atomic E-state index is 11.5. The first-order valence-corrected chi connectivity index (χ1v) is 4.48. The molecule has 0 aromatic heterocycles. The topological polar surface area (TPSA) is 26.3 Å². The fourth-order valence-corrected chi connectivity index (χ4v) is 2.20. The summed E-state index contributed by atoms with van der Waals surface area (Å²) in [7, 11) is 0. The smallest absolute Gasteiger partial charge is 0.145 e. The molecule has 1 aliphatic carbocycles. The number of Topliss-reactive ketones (excluding diaryl/α,β-unsaturated/α-hetero) is 1. The summed E-state index contributed by atoms with van der Waals surface area (Å²) in [6.07, 6.45) is 1.90. The number of hydrogen-bond acceptors (Lipinski definition) is 2. The molecule has 0 radical (unpaired) electrons. The third-order valence-electron chi connectivity index (χ3n) is 2.61. The zero-order valence-corrected chi connectivity index (χ0v) is 7.01. The van der Waals surface area contributed by atoms with Gasteiger partial charge in [-0.3, -0.25) is 4.79 Å². The Labute approximate surface area is 70.9 Å². The Balaban J connectivity index is 2.16. The first-order chi connectivity index (χ1) is 5.29. The molecule has 1 saturated carbocycles. The van der Waals surface area contributed by atoms with Gasteiger partial charge in [0.05, 0.1) is 19.1 Å². The fourth-order valence-electron chi connectivity index (χ4n) is 1.87. The normalized spacial score (nSPS) is 44.1. The van der Waals surface area contributed by atoms with E-state index in [2.05, 4.69) is 0 Å². The molecule has 1 saturated heterocycles. The quantitative estimate of drug-likeness (QED) is 0.517. The number of rotatable bonds is 0. The van der Waals surface area contributed by atoms with E-state index < -0.39 is 0 Å². The number of ketones is 1. The SMILES string of the molecule is O=C1[C@@H]2CC[C@H](Cl)[C@H]1COC2. The summed E-state index contributed by atoms with van der Waals surface area (Å²) in [4.78, 5) is 11.5. The molecule has 0 amide bonds. The molecule has 3 heteroatoms. The fraction of sp³-hybridized carbons (Fsp3) is 0.875. The van der Waals surface area contributed by atoms with Crippen LogP contribution in [0.1, 0.15) is 12.8 Å². The van der Waals surface area contributed by atoms with E-state index in [0.29, 0.717) is 19.0 Å². The molecule has 1 aliphatic heterocycles. The molecule has 2 fully saturated rings. The second kappa shape index (κ2) is 2.76. The molecule has 0 N–H and O–H groups in total. The van der Waals surface area contributed by atoms with Gasteiger partial charge in [-0.25, -0.2) is 0 Å². The van der Waals surface area contributed by atoms with Gasteiger partial charge in [-0.1, -0.05) is 0 Å². The first kappa shape index (κ1) is 7.56. The summed E-state index contributed by atoms with van der Waals surface area (Å²) < 4.78 is 5.27. The number of ether oxygens (including phenoxy) is 1. The van der Waals surface area contributed by atoms with Crippen molar-refractivity contribution in [2.24, 2.45) is 11.8 Å². The van der Waals surface area contributed by atoms with Gasteiger partial charge in [0.25, 0.3) is 0 Å². The highest BCUT2D eigenvalue weighted by Crippen LogP contribution is 2.33. The lowest BCUT2D eigenvalue weighted by Crippen LogP contribution is -2.44. The van der Waals surface area contributed by atoms with Crippen LogP contribution in [-0.2, 0) is 9.53 Å². The van der Waals surface area contributed by atoms with Gasteiger partial charge in [0.15, 0.2) is 0 Å². The lowest BCUT2D eigenvalue weighted by atomic mass is 9.79. The van der Waals surface area contributed by atoms with Gasteiger partial charge in [-0.15, -0.1) is 11.6 Å². The Bertz CT molecular complexity index is 181. The van der Waals surface area contributed by atoms with Crippen LogP contribution in [-0.4, -0.2) is 24.4 Å². The monoisotopic (exact) mass is 174 g/mol. The van der Waals surface area contributed by atoms with Crippen LogP contribution in [0.25, 0.3) is 0 Å². The standard InChI is InChI=1S/C8H11ClO2/c9-7-2-1-5-3-11-4-6(7)8(5)10/h5-7H,1-4H2/t5-,6-,7+/m1/s1. The third-order valence-corrected chi connectivity index (χ3v) is 3.13. The lowest BCUT2D eigenvalue weighted by molar-refractivity contribution is -0.140. The highest BCUT2D eigenvalue weighted by molar-refractivity contribution is 6.22. The van der Waals surface area contributed by atoms with Gasteiger partial charge in [-0.2, -0.15) is 0 Å². The molecule has 2 aliphatic rings. The second-order valence-electron chi connectivity index (χ2n) is 3.34. The predicted octanol–water partition coefficient (Wildman–Crippen LogP) is 1.22.